The zero-order valence-electron chi connectivity index (χ0n) is 18.4. The average molecular weight is 444 g/mol. The summed E-state index contributed by atoms with van der Waals surface area (Å²) in [6, 6.07) is 23.3. The molecule has 2 amide bonds. The molecule has 3 aromatic rings. The number of amides is 2. The van der Waals surface area contributed by atoms with Crippen molar-refractivity contribution in [2.24, 2.45) is 0 Å². The van der Waals surface area contributed by atoms with Crippen molar-refractivity contribution in [2.75, 3.05) is 16.8 Å². The van der Waals surface area contributed by atoms with Gasteiger partial charge in [-0.05, 0) is 49.7 Å². The number of anilines is 2. The lowest BCUT2D eigenvalue weighted by Crippen LogP contribution is -2.59. The van der Waals surface area contributed by atoms with Crippen molar-refractivity contribution in [1.29, 1.82) is 0 Å². The summed E-state index contributed by atoms with van der Waals surface area (Å²) in [5.41, 5.74) is 1.22. The molecule has 4 rings (SSSR count). The molecule has 7 heteroatoms. The van der Waals surface area contributed by atoms with Crippen LogP contribution in [0.2, 0.25) is 0 Å². The van der Waals surface area contributed by atoms with Crippen molar-refractivity contribution in [3.63, 3.8) is 0 Å². The number of carbonyl (C=O) groups excluding carboxylic acids is 3. The van der Waals surface area contributed by atoms with Crippen LogP contribution in [0.25, 0.3) is 0 Å². The Morgan fingerprint density at radius 2 is 1.67 bits per heavy atom. The second-order valence-electron chi connectivity index (χ2n) is 8.14. The van der Waals surface area contributed by atoms with Crippen LogP contribution in [-0.4, -0.2) is 29.9 Å². The molecule has 168 valence electrons. The molecule has 0 unspecified atom stereocenters. The minimum Gasteiger partial charge on any atom is -0.489 e. The van der Waals surface area contributed by atoms with Gasteiger partial charge in [0, 0.05) is 0 Å². The minimum atomic E-state index is -1.14. The molecule has 0 saturated heterocycles. The maximum absolute atomic E-state index is 13.0. The fraction of sp³-hybridized carbons (Fsp3) is 0.192. The molecule has 7 nitrogen and oxygen atoms in total. The first-order valence-electron chi connectivity index (χ1n) is 10.5. The average Bonchev–Trinajstić information content (AvgIpc) is 2.82. The van der Waals surface area contributed by atoms with E-state index in [0.717, 1.165) is 5.56 Å². The number of hydrogen-bond acceptors (Lipinski definition) is 5. The highest BCUT2D eigenvalue weighted by atomic mass is 16.5. The Kier molecular flexibility index (Phi) is 6.13. The summed E-state index contributed by atoms with van der Waals surface area (Å²) in [7, 11) is 0. The number of nitrogens with one attached hydrogen (secondary N) is 1. The maximum Gasteiger partial charge on any atom is 0.338 e. The first kappa shape index (κ1) is 22.1. The molecule has 1 aliphatic rings. The van der Waals surface area contributed by atoms with E-state index in [2.05, 4.69) is 5.32 Å². The summed E-state index contributed by atoms with van der Waals surface area (Å²) in [5, 5.41) is 2.80. The minimum absolute atomic E-state index is 0.268. The number of nitrogens with zero attached hydrogens (tertiary/aromatic N) is 1. The van der Waals surface area contributed by atoms with E-state index in [4.69, 9.17) is 9.47 Å². The molecule has 0 radical (unpaired) electrons. The van der Waals surface area contributed by atoms with Gasteiger partial charge in [0.15, 0.2) is 6.61 Å². The predicted molar refractivity (Wildman–Crippen MR) is 124 cm³/mol. The Labute approximate surface area is 191 Å². The Morgan fingerprint density at radius 1 is 0.939 bits per heavy atom. The summed E-state index contributed by atoms with van der Waals surface area (Å²) in [6.45, 7) is 3.15. The normalized spacial score (nSPS) is 14.1. The lowest BCUT2D eigenvalue weighted by molar-refractivity contribution is -0.128. The maximum atomic E-state index is 13.0. The molecule has 1 aliphatic heterocycles. The molecule has 3 aromatic carbocycles. The van der Waals surface area contributed by atoms with E-state index >= 15 is 0 Å². The Hall–Kier alpha value is -4.13. The fourth-order valence-corrected chi connectivity index (χ4v) is 3.63. The molecule has 1 heterocycles. The number of para-hydroxylation sites is 2. The van der Waals surface area contributed by atoms with Crippen LogP contribution in [0.15, 0.2) is 78.9 Å². The highest BCUT2D eigenvalue weighted by Gasteiger charge is 2.43. The van der Waals surface area contributed by atoms with Crippen molar-refractivity contribution >= 4 is 29.2 Å². The van der Waals surface area contributed by atoms with Crippen LogP contribution in [0.4, 0.5) is 11.4 Å². The Morgan fingerprint density at radius 3 is 2.45 bits per heavy atom. The first-order chi connectivity index (χ1) is 15.9. The third-order valence-electron chi connectivity index (χ3n) is 5.40. The van der Waals surface area contributed by atoms with Gasteiger partial charge in [-0.1, -0.05) is 48.5 Å². The van der Waals surface area contributed by atoms with Crippen molar-refractivity contribution < 1.29 is 23.9 Å². The summed E-state index contributed by atoms with van der Waals surface area (Å²) >= 11 is 0. The van der Waals surface area contributed by atoms with Crippen LogP contribution in [0.5, 0.6) is 5.75 Å². The van der Waals surface area contributed by atoms with Gasteiger partial charge < -0.3 is 14.8 Å². The molecular formula is C26H24N2O5. The second-order valence-corrected chi connectivity index (χ2v) is 8.14. The topological polar surface area (TPSA) is 84.9 Å². The van der Waals surface area contributed by atoms with E-state index in [1.54, 1.807) is 62.4 Å². The van der Waals surface area contributed by atoms with Gasteiger partial charge in [0.25, 0.3) is 5.91 Å². The highest BCUT2D eigenvalue weighted by Crippen LogP contribution is 2.36. The summed E-state index contributed by atoms with van der Waals surface area (Å²) in [5.74, 6) is -0.945. The number of esters is 1. The van der Waals surface area contributed by atoms with Gasteiger partial charge in [-0.25, -0.2) is 4.79 Å². The molecule has 0 aliphatic carbocycles. The standard InChI is InChI=1S/C26H24N2O5/c1-26(2)25(31)27-21-13-6-7-14-22(21)28(26)23(29)17-33-24(30)19-11-8-12-20(15-19)32-16-18-9-4-3-5-10-18/h3-15H,16-17H2,1-2H3,(H,27,31). The van der Waals surface area contributed by atoms with Gasteiger partial charge in [0.2, 0.25) is 5.91 Å². The largest absolute Gasteiger partial charge is 0.489 e. The molecule has 33 heavy (non-hydrogen) atoms. The summed E-state index contributed by atoms with van der Waals surface area (Å²) in [4.78, 5) is 39.5. The number of carbonyl (C=O) groups is 3. The lowest BCUT2D eigenvalue weighted by Gasteiger charge is -2.41. The number of ether oxygens (including phenoxy) is 2. The zero-order valence-corrected chi connectivity index (χ0v) is 18.4. The predicted octanol–water partition coefficient (Wildman–Crippen LogP) is 4.19. The van der Waals surface area contributed by atoms with E-state index < -0.39 is 24.0 Å². The van der Waals surface area contributed by atoms with Crippen LogP contribution in [0.1, 0.15) is 29.8 Å². The van der Waals surface area contributed by atoms with Crippen molar-refractivity contribution in [2.45, 2.75) is 26.0 Å². The van der Waals surface area contributed by atoms with Crippen LogP contribution >= 0.6 is 0 Å². The SMILES string of the molecule is CC1(C)C(=O)Nc2ccccc2N1C(=O)COC(=O)c1cccc(OCc2ccccc2)c1. The van der Waals surface area contributed by atoms with E-state index in [-0.39, 0.29) is 11.5 Å². The monoisotopic (exact) mass is 444 g/mol. The molecule has 0 aromatic heterocycles. The number of fused-ring (bicyclic) bond motifs is 1. The second kappa shape index (κ2) is 9.16. The van der Waals surface area contributed by atoms with Gasteiger partial charge in [0.05, 0.1) is 16.9 Å². The van der Waals surface area contributed by atoms with Gasteiger partial charge >= 0.3 is 5.97 Å². The van der Waals surface area contributed by atoms with Crippen molar-refractivity contribution in [3.05, 3.63) is 90.0 Å². The van der Waals surface area contributed by atoms with E-state index in [1.165, 1.54) is 4.90 Å². The van der Waals surface area contributed by atoms with Gasteiger partial charge in [-0.15, -0.1) is 0 Å². The van der Waals surface area contributed by atoms with Gasteiger partial charge in [-0.3, -0.25) is 14.5 Å². The van der Waals surface area contributed by atoms with Crippen molar-refractivity contribution in [1.82, 2.24) is 0 Å². The number of benzene rings is 3. The third kappa shape index (κ3) is 4.72. The first-order valence-corrected chi connectivity index (χ1v) is 10.5. The molecule has 1 N–H and O–H groups in total. The van der Waals surface area contributed by atoms with Crippen molar-refractivity contribution in [3.8, 4) is 5.75 Å². The quantitative estimate of drug-likeness (QED) is 0.577. The van der Waals surface area contributed by atoms with Gasteiger partial charge in [-0.2, -0.15) is 0 Å². The molecular weight excluding hydrogens is 420 g/mol. The molecule has 0 bridgehead atoms. The van der Waals surface area contributed by atoms with Crippen LogP contribution in [0.3, 0.4) is 0 Å². The molecule has 0 fully saturated rings. The summed E-state index contributed by atoms with van der Waals surface area (Å²) in [6.07, 6.45) is 0. The fourth-order valence-electron chi connectivity index (χ4n) is 3.63. The highest BCUT2D eigenvalue weighted by molar-refractivity contribution is 6.14. The lowest BCUT2D eigenvalue weighted by atomic mass is 9.96. The third-order valence-corrected chi connectivity index (χ3v) is 5.40. The Balaban J connectivity index is 1.42. The van der Waals surface area contributed by atoms with Gasteiger partial charge in [0.1, 0.15) is 17.9 Å². The van der Waals surface area contributed by atoms with E-state index in [9.17, 15) is 14.4 Å². The smallest absolute Gasteiger partial charge is 0.338 e. The zero-order chi connectivity index (χ0) is 23.4. The summed E-state index contributed by atoms with van der Waals surface area (Å²) < 4.78 is 11.0. The number of hydrogen-bond donors (Lipinski definition) is 1. The molecule has 0 spiro atoms. The number of rotatable bonds is 6. The van der Waals surface area contributed by atoms with E-state index in [1.807, 2.05) is 30.3 Å². The van der Waals surface area contributed by atoms with Crippen LogP contribution < -0.4 is 15.0 Å². The molecule has 0 atom stereocenters. The Bertz CT molecular complexity index is 1190. The van der Waals surface area contributed by atoms with Crippen LogP contribution in [-0.2, 0) is 20.9 Å². The van der Waals surface area contributed by atoms with Crippen LogP contribution in [0, 0.1) is 0 Å². The van der Waals surface area contributed by atoms with E-state index in [0.29, 0.717) is 23.7 Å². The molecule has 0 saturated carbocycles.